The van der Waals surface area contributed by atoms with Crippen molar-refractivity contribution in [2.75, 3.05) is 13.1 Å². The summed E-state index contributed by atoms with van der Waals surface area (Å²) in [5.41, 5.74) is 18.0. The monoisotopic (exact) mass is 1640 g/mol. The van der Waals surface area contributed by atoms with E-state index in [9.17, 15) is 0 Å². The number of oxazole rings is 2. The summed E-state index contributed by atoms with van der Waals surface area (Å²) < 4.78 is 23.9. The maximum Gasteiger partial charge on any atom is 0.191 e. The lowest BCUT2D eigenvalue weighted by molar-refractivity contribution is 0.327. The van der Waals surface area contributed by atoms with E-state index in [1.54, 1.807) is 64.3 Å². The number of aliphatic imine (C=N–C) groups is 3. The molecule has 0 fully saturated rings. The molecule has 0 spiro atoms. The van der Waals surface area contributed by atoms with Crippen LogP contribution in [0.1, 0.15) is 323 Å². The summed E-state index contributed by atoms with van der Waals surface area (Å²) in [6.07, 6.45) is 20.2. The molecule has 0 atom stereocenters. The van der Waals surface area contributed by atoms with Crippen LogP contribution in [-0.2, 0) is 43.3 Å². The van der Waals surface area contributed by atoms with Crippen molar-refractivity contribution in [3.63, 3.8) is 0 Å². The first-order valence-electron chi connectivity index (χ1n) is 39.5. The first-order chi connectivity index (χ1) is 51.7. The van der Waals surface area contributed by atoms with Gasteiger partial charge in [0, 0.05) is 103 Å². The van der Waals surface area contributed by atoms with Crippen LogP contribution < -0.4 is 0 Å². The topological polar surface area (TPSA) is 195 Å². The molecule has 15 nitrogen and oxygen atoms in total. The van der Waals surface area contributed by atoms with Crippen molar-refractivity contribution in [3.05, 3.63) is 216 Å². The van der Waals surface area contributed by atoms with E-state index in [1.807, 2.05) is 78.1 Å². The van der Waals surface area contributed by atoms with E-state index in [0.29, 0.717) is 0 Å². The Balaban J connectivity index is 0.000000627. The Morgan fingerprint density at radius 1 is 0.456 bits per heavy atom. The molecular formula is C95H150N12O3S4. The number of H-pyrrole nitrogens is 1. The fourth-order valence-electron chi connectivity index (χ4n) is 9.73. The second-order valence-corrected chi connectivity index (χ2v) is 43.6. The average Bonchev–Trinajstić information content (AvgIpc) is 1.68. The Hall–Kier alpha value is -7.45. The molecule has 19 heteroatoms. The predicted octanol–water partition coefficient (Wildman–Crippen LogP) is 28.3. The Morgan fingerprint density at radius 2 is 0.982 bits per heavy atom. The first-order valence-corrected chi connectivity index (χ1v) is 42.9. The summed E-state index contributed by atoms with van der Waals surface area (Å²) in [7, 11) is 0. The third-order valence-corrected chi connectivity index (χ3v) is 21.0. The van der Waals surface area contributed by atoms with E-state index in [4.69, 9.17) is 13.4 Å². The fourth-order valence-corrected chi connectivity index (χ4v) is 13.1. The molecule has 0 aliphatic carbocycles. The van der Waals surface area contributed by atoms with Crippen molar-refractivity contribution in [3.8, 4) is 0 Å². The summed E-state index contributed by atoms with van der Waals surface area (Å²) in [5.74, 6) is 3.38. The molecule has 1 N–H and O–H groups in total. The van der Waals surface area contributed by atoms with Crippen molar-refractivity contribution in [1.82, 2.24) is 44.0 Å². The molecule has 3 aliphatic rings. The normalized spacial score (nSPS) is 13.6. The number of nitrogens with zero attached hydrogens (tertiary/aromatic N) is 11. The smallest absolute Gasteiger partial charge is 0.191 e. The number of aromatic amines is 1. The van der Waals surface area contributed by atoms with Gasteiger partial charge in [0.1, 0.15) is 17.8 Å². The first kappa shape index (κ1) is 105. The van der Waals surface area contributed by atoms with E-state index < -0.39 is 0 Å². The lowest BCUT2D eigenvalue weighted by Gasteiger charge is -2.20. The molecule has 3 aliphatic heterocycles. The number of aryl methyl sites for hydroxylation is 7. The molecule has 0 saturated carbocycles. The van der Waals surface area contributed by atoms with Gasteiger partial charge in [0.2, 0.25) is 0 Å². The molecule has 11 rings (SSSR count). The second kappa shape index (κ2) is 44.2. The molecule has 114 heavy (non-hydrogen) atoms. The number of hydrogen-bond acceptors (Lipinski definition) is 18. The molecular weight excluding hydrogens is 1490 g/mol. The highest BCUT2D eigenvalue weighted by Gasteiger charge is 2.26. The van der Waals surface area contributed by atoms with Gasteiger partial charge in [0.15, 0.2) is 11.8 Å². The number of hydrogen-bond donors (Lipinski definition) is 1. The highest BCUT2D eigenvalue weighted by molar-refractivity contribution is 7.11. The van der Waals surface area contributed by atoms with Crippen LogP contribution in [-0.4, -0.2) is 74.3 Å². The van der Waals surface area contributed by atoms with Crippen LogP contribution in [0.4, 0.5) is 0 Å². The predicted molar refractivity (Wildman–Crippen MR) is 499 cm³/mol. The van der Waals surface area contributed by atoms with Gasteiger partial charge >= 0.3 is 0 Å². The molecule has 0 unspecified atom stereocenters. The van der Waals surface area contributed by atoms with Gasteiger partial charge in [-0.15, -0.1) is 22.7 Å². The minimum Gasteiger partial charge on any atom is -0.449 e. The maximum atomic E-state index is 5.34. The largest absolute Gasteiger partial charge is 0.449 e. The van der Waals surface area contributed by atoms with Crippen LogP contribution in [0, 0.1) is 64.7 Å². The third-order valence-electron chi connectivity index (χ3n) is 16.8. The lowest BCUT2D eigenvalue weighted by atomic mass is 9.84. The van der Waals surface area contributed by atoms with Crippen molar-refractivity contribution in [1.29, 1.82) is 0 Å². The Kier molecular flexibility index (Phi) is 40.5. The zero-order valence-corrected chi connectivity index (χ0v) is 81.7. The Morgan fingerprint density at radius 3 is 1.19 bits per heavy atom. The molecule has 0 bridgehead atoms. The van der Waals surface area contributed by atoms with Gasteiger partial charge in [-0.05, 0) is 138 Å². The second-order valence-electron chi connectivity index (χ2n) is 39.8. The average molecular weight is 1640 g/mol. The van der Waals surface area contributed by atoms with Crippen molar-refractivity contribution in [2.45, 2.75) is 327 Å². The van der Waals surface area contributed by atoms with E-state index in [1.165, 1.54) is 43.5 Å². The summed E-state index contributed by atoms with van der Waals surface area (Å²) in [4.78, 5) is 32.6. The van der Waals surface area contributed by atoms with Crippen molar-refractivity contribution in [2.24, 2.45) is 31.2 Å². The summed E-state index contributed by atoms with van der Waals surface area (Å²) in [6, 6.07) is 6.15. The maximum absolute atomic E-state index is 5.34. The van der Waals surface area contributed by atoms with Crippen LogP contribution in [0.5, 0.6) is 0 Å². The Labute approximate surface area is 708 Å². The summed E-state index contributed by atoms with van der Waals surface area (Å²) in [6.45, 7) is 102. The summed E-state index contributed by atoms with van der Waals surface area (Å²) >= 11 is 6.65. The van der Waals surface area contributed by atoms with Gasteiger partial charge < -0.3 is 13.4 Å². The van der Waals surface area contributed by atoms with E-state index in [0.717, 1.165) is 98.4 Å². The van der Waals surface area contributed by atoms with Gasteiger partial charge in [-0.3, -0.25) is 20.1 Å². The van der Waals surface area contributed by atoms with Gasteiger partial charge in [0.25, 0.3) is 0 Å². The molecule has 0 aromatic carbocycles. The quantitative estimate of drug-likeness (QED) is 0.176. The number of allylic oxidation sites excluding steroid dienone is 7. The van der Waals surface area contributed by atoms with Gasteiger partial charge in [-0.2, -0.15) is 13.8 Å². The highest BCUT2D eigenvalue weighted by Crippen LogP contribution is 2.34. The van der Waals surface area contributed by atoms with Crippen LogP contribution in [0.15, 0.2) is 156 Å². The fraction of sp³-hybridized carbons (Fsp3) is 0.568. The number of aromatic nitrogens is 9. The highest BCUT2D eigenvalue weighted by atomic mass is 32.1. The SMILES string of the molecule is C=CC1=NC(C(C)(C)C)=CC1.C=CC1=NCC=C1C(C)(C)C.C=CC1=NCC=C1C(C)(C)C.C=Cc1cc(C(C)(C)C)[nH]n1.Cc1cc(C(C)(C)C)on1.Cc1cc(C(C)(C)C)sn1.Cc1nc(C(C)(C)C)co1.Cc1nc(C(C)(C)C)cs1.Cc1ncc(C(C)(C)C)o1.Cc1ncc(C(C)(C)C)s1.Cc1nscc1C(C)(C)C. The van der Waals surface area contributed by atoms with E-state index in [-0.39, 0.29) is 59.6 Å². The molecule has 0 amide bonds. The molecule has 11 heterocycles. The standard InChI is InChI=1S/3C10H15N.C9H14N2.3C8H13NO.4C8H13NS/c2*1-5-9-8(6-7-11-9)10(2,3)4;1-5-8-6-7-9(11-8)10(2,3)4;1-5-7-6-8(11-10-7)9(2,3)4;1-6-9-7(5-10-6)8(2,3)4;1-6-9-5-7(10-6)8(2,3)4;1-6-5-7(10-9-6)8(2,3)4;1-6-9-7(5-10-6)8(2,3)4;1-6-9-5-7(10-6)8(2,3)4;1-6-7(5-10-9-6)8(2,3)4;1-6-5-7(10-9-6)8(2,3)4/h2*5-6H,1,7H2,2-4H3;5,7H,1,6H2,2-4H3;5-6H,1H2,2-4H3,(H,10,11);7*5H,1-4H3. The van der Waals surface area contributed by atoms with Crippen LogP contribution >= 0.6 is 45.7 Å². The Bertz CT molecular complexity index is 3990. The third kappa shape index (κ3) is 39.5. The van der Waals surface area contributed by atoms with Gasteiger partial charge in [0.05, 0.1) is 74.9 Å². The van der Waals surface area contributed by atoms with E-state index in [2.05, 4.69) is 356 Å². The van der Waals surface area contributed by atoms with Crippen molar-refractivity contribution >= 4 is 68.9 Å². The number of rotatable bonds is 4. The lowest BCUT2D eigenvalue weighted by Crippen LogP contribution is -2.14. The number of thiazole rings is 2. The zero-order valence-electron chi connectivity index (χ0n) is 78.4. The summed E-state index contributed by atoms with van der Waals surface area (Å²) in [5, 5.41) is 17.4. The number of nitrogens with one attached hydrogen (secondary N) is 1. The van der Waals surface area contributed by atoms with E-state index >= 15 is 0 Å². The molecule has 0 radical (unpaired) electrons. The zero-order chi connectivity index (χ0) is 88.4. The van der Waals surface area contributed by atoms with Gasteiger partial charge in [-0.25, -0.2) is 19.9 Å². The van der Waals surface area contributed by atoms with Crippen molar-refractivity contribution < 1.29 is 13.4 Å². The molecule has 8 aromatic heterocycles. The van der Waals surface area contributed by atoms with Gasteiger partial charge in [-0.1, -0.05) is 278 Å². The minimum absolute atomic E-state index is 0.0846. The molecule has 8 aromatic rings. The molecule has 0 saturated heterocycles. The van der Waals surface area contributed by atoms with Crippen LogP contribution in [0.3, 0.4) is 0 Å². The molecule has 632 valence electrons. The van der Waals surface area contributed by atoms with Crippen LogP contribution in [0.2, 0.25) is 0 Å². The minimum atomic E-state index is 0.0846. The van der Waals surface area contributed by atoms with Crippen LogP contribution in [0.25, 0.3) is 6.08 Å².